The van der Waals surface area contributed by atoms with Gasteiger partial charge in [0.1, 0.15) is 5.75 Å². The van der Waals surface area contributed by atoms with Crippen LogP contribution < -0.4 is 10.5 Å². The van der Waals surface area contributed by atoms with Crippen LogP contribution in [0, 0.1) is 0 Å². The first-order valence-electron chi connectivity index (χ1n) is 5.40. The van der Waals surface area contributed by atoms with Crippen LogP contribution in [0.4, 0.5) is 13.2 Å². The average molecular weight is 272 g/mol. The van der Waals surface area contributed by atoms with Crippen LogP contribution in [0.5, 0.6) is 5.75 Å². The van der Waals surface area contributed by atoms with Crippen molar-refractivity contribution in [2.45, 2.75) is 18.8 Å². The van der Waals surface area contributed by atoms with Gasteiger partial charge in [-0.25, -0.2) is 0 Å². The van der Waals surface area contributed by atoms with Crippen LogP contribution in [0.25, 0.3) is 0 Å². The summed E-state index contributed by atoms with van der Waals surface area (Å²) in [6, 6.07) is 5.19. The Morgan fingerprint density at radius 1 is 1.26 bits per heavy atom. The van der Waals surface area contributed by atoms with E-state index in [0.717, 1.165) is 5.56 Å². The fourth-order valence-corrected chi connectivity index (χ4v) is 1.57. The molecule has 19 heavy (non-hydrogen) atoms. The highest BCUT2D eigenvalue weighted by atomic mass is 19.4. The molecule has 5 nitrogen and oxygen atoms in total. The van der Waals surface area contributed by atoms with Gasteiger partial charge in [-0.3, -0.25) is 0 Å². The predicted molar refractivity (Wildman–Crippen MR) is 60.1 cm³/mol. The Morgan fingerprint density at radius 2 is 1.95 bits per heavy atom. The van der Waals surface area contributed by atoms with E-state index in [0.29, 0.717) is 12.1 Å². The van der Waals surface area contributed by atoms with Crippen molar-refractivity contribution in [2.24, 2.45) is 5.73 Å². The number of ether oxygens (including phenoxy) is 1. The molecule has 0 saturated heterocycles. The fraction of sp³-hybridized carbons (Fsp3) is 0.273. The van der Waals surface area contributed by atoms with Crippen LogP contribution in [-0.4, -0.2) is 21.8 Å². The normalized spacial score (nSPS) is 13.3. The molecule has 0 amide bonds. The molecule has 1 aromatic carbocycles. The van der Waals surface area contributed by atoms with Crippen LogP contribution in [0.3, 0.4) is 0 Å². The molecule has 2 rings (SSSR count). The number of H-pyrrole nitrogens is 1. The van der Waals surface area contributed by atoms with E-state index in [1.54, 1.807) is 0 Å². The number of rotatable bonds is 4. The molecular formula is C11H11F3N4O. The highest BCUT2D eigenvalue weighted by Crippen LogP contribution is 2.23. The van der Waals surface area contributed by atoms with Crippen LogP contribution in [0.2, 0.25) is 0 Å². The minimum atomic E-state index is -4.68. The number of aromatic amines is 1. The van der Waals surface area contributed by atoms with Crippen molar-refractivity contribution in [1.82, 2.24) is 15.4 Å². The largest absolute Gasteiger partial charge is 0.573 e. The summed E-state index contributed by atoms with van der Waals surface area (Å²) in [6.45, 7) is 0. The Kier molecular flexibility index (Phi) is 3.70. The molecular weight excluding hydrogens is 261 g/mol. The molecule has 0 saturated carbocycles. The summed E-state index contributed by atoms with van der Waals surface area (Å²) in [5, 5.41) is 9.93. The third-order valence-electron chi connectivity index (χ3n) is 2.43. The Balaban J connectivity index is 1.99. The van der Waals surface area contributed by atoms with E-state index in [-0.39, 0.29) is 11.8 Å². The predicted octanol–water partition coefficient (Wildman–Crippen LogP) is 1.95. The number of nitrogens with one attached hydrogen (secondary N) is 1. The zero-order valence-electron chi connectivity index (χ0n) is 9.69. The van der Waals surface area contributed by atoms with Gasteiger partial charge >= 0.3 is 6.36 Å². The van der Waals surface area contributed by atoms with Gasteiger partial charge < -0.3 is 10.5 Å². The lowest BCUT2D eigenvalue weighted by Gasteiger charge is -2.11. The van der Waals surface area contributed by atoms with Crippen molar-refractivity contribution in [1.29, 1.82) is 0 Å². The third-order valence-corrected chi connectivity index (χ3v) is 2.43. The molecule has 0 spiro atoms. The number of nitrogens with zero attached hydrogens (tertiary/aromatic N) is 2. The number of benzene rings is 1. The summed E-state index contributed by atoms with van der Waals surface area (Å²) in [5.74, 6) is -0.258. The van der Waals surface area contributed by atoms with Crippen molar-refractivity contribution in [3.05, 3.63) is 41.7 Å². The van der Waals surface area contributed by atoms with Gasteiger partial charge in [0.25, 0.3) is 0 Å². The number of aromatic nitrogens is 3. The van der Waals surface area contributed by atoms with Crippen LogP contribution >= 0.6 is 0 Å². The fourth-order valence-electron chi connectivity index (χ4n) is 1.57. The van der Waals surface area contributed by atoms with E-state index in [1.165, 1.54) is 30.5 Å². The Labute approximate surface area is 106 Å². The van der Waals surface area contributed by atoms with E-state index in [9.17, 15) is 13.2 Å². The molecule has 1 atom stereocenters. The lowest BCUT2D eigenvalue weighted by molar-refractivity contribution is -0.274. The lowest BCUT2D eigenvalue weighted by Crippen LogP contribution is -2.17. The average Bonchev–Trinajstić information content (AvgIpc) is 2.83. The maximum atomic E-state index is 12.0. The van der Waals surface area contributed by atoms with Crippen LogP contribution in [0.15, 0.2) is 30.5 Å². The van der Waals surface area contributed by atoms with Crippen molar-refractivity contribution in [2.75, 3.05) is 0 Å². The van der Waals surface area contributed by atoms with Gasteiger partial charge in [0.05, 0.1) is 17.9 Å². The standard InChI is InChI=1S/C11H11F3N4O/c12-11(13,14)19-8-3-1-7(2-4-8)5-9(15)10-6-16-18-17-10/h1-4,6,9H,5,15H2,(H,16,17,18). The minimum Gasteiger partial charge on any atom is -0.406 e. The number of nitrogens with two attached hydrogens (primary N) is 1. The maximum absolute atomic E-state index is 12.0. The number of hydrogen-bond donors (Lipinski definition) is 2. The van der Waals surface area contributed by atoms with E-state index in [4.69, 9.17) is 5.73 Å². The summed E-state index contributed by atoms with van der Waals surface area (Å²) in [6.07, 6.45) is -2.73. The molecule has 1 heterocycles. The summed E-state index contributed by atoms with van der Waals surface area (Å²) in [4.78, 5) is 0. The summed E-state index contributed by atoms with van der Waals surface area (Å²) < 4.78 is 39.7. The highest BCUT2D eigenvalue weighted by molar-refractivity contribution is 5.28. The molecule has 0 aliphatic carbocycles. The molecule has 0 aliphatic heterocycles. The topological polar surface area (TPSA) is 76.8 Å². The molecule has 3 N–H and O–H groups in total. The SMILES string of the molecule is NC(Cc1ccc(OC(F)(F)F)cc1)c1cn[nH]n1. The molecule has 1 aromatic heterocycles. The summed E-state index contributed by atoms with van der Waals surface area (Å²) >= 11 is 0. The Bertz CT molecular complexity index is 510. The van der Waals surface area contributed by atoms with Gasteiger partial charge in [0, 0.05) is 0 Å². The molecule has 0 fully saturated rings. The smallest absolute Gasteiger partial charge is 0.406 e. The van der Waals surface area contributed by atoms with E-state index in [2.05, 4.69) is 20.1 Å². The second-order valence-electron chi connectivity index (χ2n) is 3.90. The Hall–Kier alpha value is -2.09. The Morgan fingerprint density at radius 3 is 2.47 bits per heavy atom. The lowest BCUT2D eigenvalue weighted by atomic mass is 10.0. The maximum Gasteiger partial charge on any atom is 0.573 e. The van der Waals surface area contributed by atoms with Crippen LogP contribution in [-0.2, 0) is 6.42 Å². The molecule has 0 radical (unpaired) electrons. The van der Waals surface area contributed by atoms with Crippen molar-refractivity contribution < 1.29 is 17.9 Å². The van der Waals surface area contributed by atoms with Gasteiger partial charge in [-0.1, -0.05) is 12.1 Å². The summed E-state index contributed by atoms with van der Waals surface area (Å²) in [5.41, 5.74) is 7.25. The number of halogens is 3. The van der Waals surface area contributed by atoms with Gasteiger partial charge in [0.15, 0.2) is 0 Å². The first kappa shape index (κ1) is 13.3. The molecule has 0 aliphatic rings. The first-order valence-corrected chi connectivity index (χ1v) is 5.40. The molecule has 0 bridgehead atoms. The third kappa shape index (κ3) is 3.95. The van der Waals surface area contributed by atoms with E-state index < -0.39 is 6.36 Å². The van der Waals surface area contributed by atoms with Gasteiger partial charge in [-0.2, -0.15) is 15.4 Å². The first-order chi connectivity index (χ1) is 8.94. The second kappa shape index (κ2) is 5.27. The summed E-state index contributed by atoms with van der Waals surface area (Å²) in [7, 11) is 0. The van der Waals surface area contributed by atoms with Gasteiger partial charge in [-0.05, 0) is 24.1 Å². The highest BCUT2D eigenvalue weighted by Gasteiger charge is 2.30. The van der Waals surface area contributed by atoms with E-state index >= 15 is 0 Å². The zero-order chi connectivity index (χ0) is 13.9. The molecule has 102 valence electrons. The van der Waals surface area contributed by atoms with Crippen molar-refractivity contribution in [3.63, 3.8) is 0 Å². The number of alkyl halides is 3. The quantitative estimate of drug-likeness (QED) is 0.891. The molecule has 8 heteroatoms. The van der Waals surface area contributed by atoms with Gasteiger partial charge in [-0.15, -0.1) is 13.2 Å². The van der Waals surface area contributed by atoms with E-state index in [1.807, 2.05) is 0 Å². The van der Waals surface area contributed by atoms with Crippen LogP contribution in [0.1, 0.15) is 17.3 Å². The minimum absolute atomic E-state index is 0.258. The second-order valence-corrected chi connectivity index (χ2v) is 3.90. The monoisotopic (exact) mass is 272 g/mol. The zero-order valence-corrected chi connectivity index (χ0v) is 9.69. The molecule has 2 aromatic rings. The molecule has 1 unspecified atom stereocenters. The van der Waals surface area contributed by atoms with Gasteiger partial charge in [0.2, 0.25) is 0 Å². The number of hydrogen-bond acceptors (Lipinski definition) is 4. The van der Waals surface area contributed by atoms with Crippen molar-refractivity contribution >= 4 is 0 Å². The van der Waals surface area contributed by atoms with Crippen molar-refractivity contribution in [3.8, 4) is 5.75 Å².